The van der Waals surface area contributed by atoms with Crippen LogP contribution in [0.3, 0.4) is 0 Å². The second kappa shape index (κ2) is 4.37. The van der Waals surface area contributed by atoms with Gasteiger partial charge < -0.3 is 5.73 Å². The van der Waals surface area contributed by atoms with E-state index in [9.17, 15) is 0 Å². The number of hydrogen-bond acceptors (Lipinski definition) is 1. The molecule has 0 radical (unpaired) electrons. The standard InChI is InChI=1S/C6H12N2/c1-3-5-6(7)8-4-2/h3,5H,4H2,1-2H3,(H2,7,8)/b5-3+. The van der Waals surface area contributed by atoms with Crippen LogP contribution in [0.2, 0.25) is 0 Å². The molecule has 0 amide bonds. The maximum atomic E-state index is 5.36. The van der Waals surface area contributed by atoms with E-state index in [4.69, 9.17) is 5.73 Å². The highest BCUT2D eigenvalue weighted by molar-refractivity contribution is 5.91. The molecule has 0 aromatic carbocycles. The summed E-state index contributed by atoms with van der Waals surface area (Å²) in [5, 5.41) is 0. The lowest BCUT2D eigenvalue weighted by Crippen LogP contribution is -2.07. The second-order valence-corrected chi connectivity index (χ2v) is 1.40. The molecular weight excluding hydrogens is 100 g/mol. The van der Waals surface area contributed by atoms with Gasteiger partial charge in [0.25, 0.3) is 0 Å². The Labute approximate surface area is 50.1 Å². The summed E-state index contributed by atoms with van der Waals surface area (Å²) in [7, 11) is 0. The fraction of sp³-hybridized carbons (Fsp3) is 0.500. The number of rotatable bonds is 2. The minimum atomic E-state index is 0.606. The van der Waals surface area contributed by atoms with Gasteiger partial charge in [-0.1, -0.05) is 6.08 Å². The van der Waals surface area contributed by atoms with Crippen LogP contribution in [0.5, 0.6) is 0 Å². The van der Waals surface area contributed by atoms with Crippen molar-refractivity contribution in [3.05, 3.63) is 12.2 Å². The maximum absolute atomic E-state index is 5.36. The number of allylic oxidation sites excluding steroid dienone is 1. The number of hydrogen-bond donors (Lipinski definition) is 1. The van der Waals surface area contributed by atoms with Gasteiger partial charge in [0.15, 0.2) is 0 Å². The van der Waals surface area contributed by atoms with Gasteiger partial charge in [-0.2, -0.15) is 0 Å². The maximum Gasteiger partial charge on any atom is 0.117 e. The van der Waals surface area contributed by atoms with Crippen LogP contribution in [0.15, 0.2) is 17.1 Å². The van der Waals surface area contributed by atoms with Gasteiger partial charge in [0.1, 0.15) is 5.84 Å². The first kappa shape index (κ1) is 7.21. The lowest BCUT2D eigenvalue weighted by molar-refractivity contribution is 1.12. The first-order valence-corrected chi connectivity index (χ1v) is 2.73. The van der Waals surface area contributed by atoms with Crippen LogP contribution in [0.25, 0.3) is 0 Å². The first-order chi connectivity index (χ1) is 3.81. The van der Waals surface area contributed by atoms with Gasteiger partial charge in [0.05, 0.1) is 0 Å². The van der Waals surface area contributed by atoms with Gasteiger partial charge in [0, 0.05) is 6.54 Å². The Morgan fingerprint density at radius 2 is 2.38 bits per heavy atom. The van der Waals surface area contributed by atoms with E-state index >= 15 is 0 Å². The molecule has 0 saturated heterocycles. The topological polar surface area (TPSA) is 38.4 Å². The van der Waals surface area contributed by atoms with Crippen molar-refractivity contribution in [2.45, 2.75) is 13.8 Å². The highest BCUT2D eigenvalue weighted by atomic mass is 14.8. The van der Waals surface area contributed by atoms with Crippen LogP contribution in [-0.4, -0.2) is 12.4 Å². The zero-order valence-corrected chi connectivity index (χ0v) is 5.39. The summed E-state index contributed by atoms with van der Waals surface area (Å²) in [4.78, 5) is 3.92. The smallest absolute Gasteiger partial charge is 0.117 e. The number of nitrogens with two attached hydrogens (primary N) is 1. The summed E-state index contributed by atoms with van der Waals surface area (Å²) in [5.74, 6) is 0.606. The monoisotopic (exact) mass is 112 g/mol. The minimum Gasteiger partial charge on any atom is -0.384 e. The van der Waals surface area contributed by atoms with Crippen LogP contribution in [-0.2, 0) is 0 Å². The molecule has 0 aromatic rings. The number of aliphatic imine (C=N–C) groups is 1. The number of nitrogens with zero attached hydrogens (tertiary/aromatic N) is 1. The summed E-state index contributed by atoms with van der Waals surface area (Å²) >= 11 is 0. The fourth-order valence-electron chi connectivity index (χ4n) is 0.406. The van der Waals surface area contributed by atoms with Crippen molar-refractivity contribution in [3.63, 3.8) is 0 Å². The van der Waals surface area contributed by atoms with Crippen molar-refractivity contribution in [3.8, 4) is 0 Å². The Balaban J connectivity index is 3.61. The molecule has 0 rings (SSSR count). The Hall–Kier alpha value is -0.790. The van der Waals surface area contributed by atoms with E-state index in [-0.39, 0.29) is 0 Å². The Bertz CT molecular complexity index is 103. The van der Waals surface area contributed by atoms with E-state index in [1.807, 2.05) is 19.9 Å². The van der Waals surface area contributed by atoms with Crippen LogP contribution in [0.4, 0.5) is 0 Å². The Morgan fingerprint density at radius 3 is 2.75 bits per heavy atom. The largest absolute Gasteiger partial charge is 0.384 e. The predicted octanol–water partition coefficient (Wildman–Crippen LogP) is 0.940. The van der Waals surface area contributed by atoms with Gasteiger partial charge in [-0.3, -0.25) is 4.99 Å². The SMILES string of the molecule is C/C=C/C(N)=N\CC. The van der Waals surface area contributed by atoms with Crippen molar-refractivity contribution in [1.82, 2.24) is 0 Å². The molecule has 0 aromatic heterocycles. The molecule has 0 spiro atoms. The molecule has 46 valence electrons. The summed E-state index contributed by atoms with van der Waals surface area (Å²) in [6.07, 6.45) is 3.65. The van der Waals surface area contributed by atoms with Crippen LogP contribution in [0.1, 0.15) is 13.8 Å². The predicted molar refractivity (Wildman–Crippen MR) is 37.0 cm³/mol. The highest BCUT2D eigenvalue weighted by Crippen LogP contribution is 1.72. The zero-order valence-electron chi connectivity index (χ0n) is 5.39. The van der Waals surface area contributed by atoms with Gasteiger partial charge in [-0.25, -0.2) is 0 Å². The van der Waals surface area contributed by atoms with Crippen LogP contribution >= 0.6 is 0 Å². The highest BCUT2D eigenvalue weighted by Gasteiger charge is 1.75. The quantitative estimate of drug-likeness (QED) is 0.419. The normalized spacial score (nSPS) is 13.0. The Morgan fingerprint density at radius 1 is 1.75 bits per heavy atom. The third kappa shape index (κ3) is 3.40. The van der Waals surface area contributed by atoms with Crippen molar-refractivity contribution >= 4 is 5.84 Å². The van der Waals surface area contributed by atoms with Gasteiger partial charge in [-0.15, -0.1) is 0 Å². The molecule has 2 nitrogen and oxygen atoms in total. The van der Waals surface area contributed by atoms with Crippen molar-refractivity contribution in [1.29, 1.82) is 0 Å². The molecule has 0 bridgehead atoms. The van der Waals surface area contributed by atoms with Gasteiger partial charge in [0.2, 0.25) is 0 Å². The molecule has 0 aliphatic rings. The average Bonchev–Trinajstić information content (AvgIpc) is 1.68. The van der Waals surface area contributed by atoms with Crippen molar-refractivity contribution < 1.29 is 0 Å². The molecule has 2 N–H and O–H groups in total. The molecule has 0 atom stereocenters. The molecule has 2 heteroatoms. The number of amidine groups is 1. The molecule has 0 heterocycles. The van der Waals surface area contributed by atoms with Gasteiger partial charge in [-0.05, 0) is 19.9 Å². The molecule has 0 saturated carbocycles. The van der Waals surface area contributed by atoms with E-state index in [1.165, 1.54) is 0 Å². The summed E-state index contributed by atoms with van der Waals surface area (Å²) in [6, 6.07) is 0. The van der Waals surface area contributed by atoms with E-state index in [2.05, 4.69) is 4.99 Å². The third-order valence-corrected chi connectivity index (χ3v) is 0.678. The Kier molecular flexibility index (Phi) is 3.94. The van der Waals surface area contributed by atoms with Crippen LogP contribution < -0.4 is 5.73 Å². The van der Waals surface area contributed by atoms with E-state index in [1.54, 1.807) is 6.08 Å². The summed E-state index contributed by atoms with van der Waals surface area (Å²) in [6.45, 7) is 4.63. The summed E-state index contributed by atoms with van der Waals surface area (Å²) in [5.41, 5.74) is 5.36. The summed E-state index contributed by atoms with van der Waals surface area (Å²) < 4.78 is 0. The lowest BCUT2D eigenvalue weighted by Gasteiger charge is -1.86. The van der Waals surface area contributed by atoms with Crippen molar-refractivity contribution in [2.24, 2.45) is 10.7 Å². The van der Waals surface area contributed by atoms with Gasteiger partial charge >= 0.3 is 0 Å². The zero-order chi connectivity index (χ0) is 6.41. The third-order valence-electron chi connectivity index (χ3n) is 0.678. The molecular formula is C6H12N2. The average molecular weight is 112 g/mol. The minimum absolute atomic E-state index is 0.606. The first-order valence-electron chi connectivity index (χ1n) is 2.73. The molecule has 8 heavy (non-hydrogen) atoms. The molecule has 0 aliphatic carbocycles. The van der Waals surface area contributed by atoms with E-state index in [0.717, 1.165) is 6.54 Å². The lowest BCUT2D eigenvalue weighted by atomic mass is 10.5. The van der Waals surface area contributed by atoms with E-state index in [0.29, 0.717) is 5.84 Å². The molecule has 0 unspecified atom stereocenters. The van der Waals surface area contributed by atoms with E-state index < -0.39 is 0 Å². The second-order valence-electron chi connectivity index (χ2n) is 1.40. The molecule has 0 aliphatic heterocycles. The fourth-order valence-corrected chi connectivity index (χ4v) is 0.406. The van der Waals surface area contributed by atoms with Crippen LogP contribution in [0, 0.1) is 0 Å². The van der Waals surface area contributed by atoms with Crippen molar-refractivity contribution in [2.75, 3.05) is 6.54 Å². The molecule has 0 fully saturated rings.